The summed E-state index contributed by atoms with van der Waals surface area (Å²) in [6, 6.07) is 0. The summed E-state index contributed by atoms with van der Waals surface area (Å²) in [6.45, 7) is 5.25. The van der Waals surface area contributed by atoms with Crippen molar-refractivity contribution in [1.29, 1.82) is 0 Å². The van der Waals surface area contributed by atoms with Gasteiger partial charge in [-0.25, -0.2) is 0 Å². The van der Waals surface area contributed by atoms with E-state index in [0.29, 0.717) is 24.1 Å². The van der Waals surface area contributed by atoms with Gasteiger partial charge in [0, 0.05) is 13.0 Å². The molecule has 0 rings (SSSR count). The second-order valence-electron chi connectivity index (χ2n) is 18.1. The molecule has 0 radical (unpaired) electrons. The minimum absolute atomic E-state index is 0.0185. The van der Waals surface area contributed by atoms with Gasteiger partial charge >= 0.3 is 5.97 Å². The Morgan fingerprint density at radius 2 is 0.906 bits per heavy atom. The zero-order chi connectivity index (χ0) is 46.9. The highest BCUT2D eigenvalue weighted by atomic mass is 31.2. The van der Waals surface area contributed by atoms with Gasteiger partial charge in [-0.05, 0) is 89.9 Å². The molecule has 2 unspecified atom stereocenters. The lowest BCUT2D eigenvalue weighted by Crippen LogP contribution is -2.37. The predicted molar refractivity (Wildman–Crippen MR) is 272 cm³/mol. The van der Waals surface area contributed by atoms with E-state index < -0.39 is 13.9 Å². The van der Waals surface area contributed by atoms with E-state index in [0.717, 1.165) is 89.9 Å². The maximum Gasteiger partial charge on any atom is 0.306 e. The summed E-state index contributed by atoms with van der Waals surface area (Å²) in [5.74, 6) is -0.347. The fourth-order valence-corrected chi connectivity index (χ4v) is 7.45. The molecular weight excluding hydrogens is 818 g/mol. The van der Waals surface area contributed by atoms with Gasteiger partial charge in [-0.15, -0.1) is 0 Å². The zero-order valence-electron chi connectivity index (χ0n) is 42.0. The van der Waals surface area contributed by atoms with Crippen molar-refractivity contribution in [1.82, 2.24) is 0 Å². The van der Waals surface area contributed by atoms with Gasteiger partial charge in [0.1, 0.15) is 19.3 Å². The third-order valence-electron chi connectivity index (χ3n) is 10.7. The van der Waals surface area contributed by atoms with E-state index in [1.165, 1.54) is 89.9 Å². The Hall–Kier alpha value is -2.32. The van der Waals surface area contributed by atoms with Crippen molar-refractivity contribution in [2.75, 3.05) is 54.1 Å². The summed E-state index contributed by atoms with van der Waals surface area (Å²) in [4.78, 5) is 25.2. The first-order valence-electron chi connectivity index (χ1n) is 25.8. The molecule has 8 nitrogen and oxygen atoms in total. The molecule has 0 fully saturated rings. The van der Waals surface area contributed by atoms with Crippen LogP contribution in [0.25, 0.3) is 0 Å². The molecule has 0 amide bonds. The lowest BCUT2D eigenvalue weighted by molar-refractivity contribution is -0.870. The standard InChI is InChI=1S/C55H98NO7P/c1-6-8-10-12-14-16-18-20-22-24-25-26-27-28-29-30-31-32-34-36-38-40-42-44-46-48-55(57)63-54(53-62-64(58,59)61-51-49-56(3,4)5)52-60-50-47-45-43-41-39-37-35-33-23-21-19-17-15-13-11-9-7-2/h8,10,14,16-17,19-20,22-23,25-26,28-29,33,54H,6-7,9,11-13,15,18,21,24,27,30-32,34-53H2,1-5H3/b10-8-,16-14-,19-17-,22-20-,26-25-,29-28-,33-23-. The van der Waals surface area contributed by atoms with Crippen LogP contribution >= 0.6 is 7.82 Å². The molecule has 0 spiro atoms. The van der Waals surface area contributed by atoms with Crippen LogP contribution in [0.1, 0.15) is 200 Å². The Balaban J connectivity index is 4.18. The number of carbonyl (C=O) groups excluding carboxylic acids is 1. The van der Waals surface area contributed by atoms with Crippen molar-refractivity contribution in [3.63, 3.8) is 0 Å². The molecule has 0 saturated heterocycles. The number of esters is 1. The summed E-state index contributed by atoms with van der Waals surface area (Å²) in [5.41, 5.74) is 0. The zero-order valence-corrected chi connectivity index (χ0v) is 42.8. The molecule has 0 aliphatic carbocycles. The van der Waals surface area contributed by atoms with Crippen LogP contribution in [0.3, 0.4) is 0 Å². The number of ether oxygens (including phenoxy) is 2. The topological polar surface area (TPSA) is 94.1 Å². The second-order valence-corrected chi connectivity index (χ2v) is 19.6. The molecule has 9 heteroatoms. The number of hydrogen-bond donors (Lipinski definition) is 0. The molecule has 0 aromatic heterocycles. The van der Waals surface area contributed by atoms with Crippen molar-refractivity contribution >= 4 is 13.8 Å². The van der Waals surface area contributed by atoms with E-state index in [-0.39, 0.29) is 25.8 Å². The smallest absolute Gasteiger partial charge is 0.306 e. The maximum atomic E-state index is 12.8. The van der Waals surface area contributed by atoms with Crippen LogP contribution in [0.2, 0.25) is 0 Å². The van der Waals surface area contributed by atoms with Crippen molar-refractivity contribution in [2.45, 2.75) is 206 Å². The van der Waals surface area contributed by atoms with Gasteiger partial charge in [0.05, 0.1) is 34.4 Å². The van der Waals surface area contributed by atoms with Crippen molar-refractivity contribution in [2.24, 2.45) is 0 Å². The minimum Gasteiger partial charge on any atom is -0.756 e. The first-order chi connectivity index (χ1) is 31.1. The third kappa shape index (κ3) is 50.7. The SMILES string of the molecule is CC/C=C\C/C=C\C/C=C\C/C=C\C/C=C\CCCCCCCCCCCC(=O)OC(COCCCCCCCC/C=C\C/C=C\CCCCCC)COP(=O)([O-])OCC[N+](C)(C)C. The second kappa shape index (κ2) is 47.2. The molecule has 0 aromatic rings. The highest BCUT2D eigenvalue weighted by Gasteiger charge is 2.20. The summed E-state index contributed by atoms with van der Waals surface area (Å²) < 4.78 is 34.7. The minimum atomic E-state index is -4.54. The fourth-order valence-electron chi connectivity index (χ4n) is 6.72. The normalized spacial score (nSPS) is 14.3. The van der Waals surface area contributed by atoms with Crippen LogP contribution in [0.15, 0.2) is 85.1 Å². The average Bonchev–Trinajstić information content (AvgIpc) is 3.25. The number of carbonyl (C=O) groups is 1. The molecule has 2 atom stereocenters. The van der Waals surface area contributed by atoms with E-state index in [2.05, 4.69) is 98.9 Å². The van der Waals surface area contributed by atoms with E-state index in [1.807, 2.05) is 21.1 Å². The average molecular weight is 916 g/mol. The number of quaternary nitrogens is 1. The predicted octanol–water partition coefficient (Wildman–Crippen LogP) is 15.4. The molecule has 0 aliphatic heterocycles. The van der Waals surface area contributed by atoms with Gasteiger partial charge in [0.15, 0.2) is 0 Å². The number of phosphoric acid groups is 1. The Morgan fingerprint density at radius 3 is 1.36 bits per heavy atom. The number of likely N-dealkylation sites (N-methyl/N-ethyl adjacent to an activating group) is 1. The maximum absolute atomic E-state index is 12.8. The van der Waals surface area contributed by atoms with Gasteiger partial charge < -0.3 is 27.9 Å². The van der Waals surface area contributed by atoms with Crippen molar-refractivity contribution < 1.29 is 37.3 Å². The Bertz CT molecular complexity index is 1300. The number of hydrogen-bond acceptors (Lipinski definition) is 7. The Morgan fingerprint density at radius 1 is 0.500 bits per heavy atom. The number of nitrogens with zero attached hydrogens (tertiary/aromatic N) is 1. The Labute approximate surface area is 395 Å². The van der Waals surface area contributed by atoms with Crippen LogP contribution in [-0.2, 0) is 27.9 Å². The largest absolute Gasteiger partial charge is 0.756 e. The van der Waals surface area contributed by atoms with Gasteiger partial charge in [0.2, 0.25) is 0 Å². The highest BCUT2D eigenvalue weighted by molar-refractivity contribution is 7.45. The van der Waals surface area contributed by atoms with Gasteiger partial charge in [-0.3, -0.25) is 9.36 Å². The highest BCUT2D eigenvalue weighted by Crippen LogP contribution is 2.38. The summed E-state index contributed by atoms with van der Waals surface area (Å²) in [7, 11) is 1.33. The van der Waals surface area contributed by atoms with Gasteiger partial charge in [-0.2, -0.15) is 0 Å². The van der Waals surface area contributed by atoms with Crippen LogP contribution < -0.4 is 4.89 Å². The molecule has 0 bridgehead atoms. The summed E-state index contributed by atoms with van der Waals surface area (Å²) in [5, 5.41) is 0. The lowest BCUT2D eigenvalue weighted by atomic mass is 10.1. The molecule has 370 valence electrons. The van der Waals surface area contributed by atoms with Gasteiger partial charge in [-0.1, -0.05) is 189 Å². The van der Waals surface area contributed by atoms with Crippen LogP contribution in [0.4, 0.5) is 0 Å². The number of allylic oxidation sites excluding steroid dienone is 14. The molecule has 0 aliphatic rings. The molecule has 0 heterocycles. The molecule has 0 N–H and O–H groups in total. The number of rotatable bonds is 47. The quantitative estimate of drug-likeness (QED) is 0.0197. The summed E-state index contributed by atoms with van der Waals surface area (Å²) >= 11 is 0. The van der Waals surface area contributed by atoms with Crippen molar-refractivity contribution in [3.05, 3.63) is 85.1 Å². The van der Waals surface area contributed by atoms with E-state index in [1.54, 1.807) is 0 Å². The first-order valence-corrected chi connectivity index (χ1v) is 27.3. The van der Waals surface area contributed by atoms with Crippen LogP contribution in [-0.4, -0.2) is 70.7 Å². The number of phosphoric ester groups is 1. The van der Waals surface area contributed by atoms with Gasteiger partial charge in [0.25, 0.3) is 7.82 Å². The first kappa shape index (κ1) is 61.7. The monoisotopic (exact) mass is 916 g/mol. The lowest BCUT2D eigenvalue weighted by Gasteiger charge is -2.28. The molecule has 0 saturated carbocycles. The van der Waals surface area contributed by atoms with E-state index in [4.69, 9.17) is 18.5 Å². The molecule has 64 heavy (non-hydrogen) atoms. The van der Waals surface area contributed by atoms with Crippen LogP contribution in [0.5, 0.6) is 0 Å². The van der Waals surface area contributed by atoms with E-state index in [9.17, 15) is 14.3 Å². The fraction of sp³-hybridized carbons (Fsp3) is 0.727. The Kier molecular flexibility index (Phi) is 45.5. The van der Waals surface area contributed by atoms with Crippen LogP contribution in [0, 0.1) is 0 Å². The van der Waals surface area contributed by atoms with Crippen molar-refractivity contribution in [3.8, 4) is 0 Å². The number of unbranched alkanes of at least 4 members (excludes halogenated alkanes) is 19. The third-order valence-corrected chi connectivity index (χ3v) is 11.6. The molecule has 0 aromatic carbocycles. The molecular formula is C55H98NO7P. The van der Waals surface area contributed by atoms with E-state index >= 15 is 0 Å². The summed E-state index contributed by atoms with van der Waals surface area (Å²) in [6.07, 6.45) is 63.2.